The minimum atomic E-state index is -1.10. The second-order valence-corrected chi connectivity index (χ2v) is 4.26. The van der Waals surface area contributed by atoms with E-state index < -0.39 is 5.97 Å². The van der Waals surface area contributed by atoms with E-state index in [1.165, 1.54) is 11.0 Å². The molecule has 1 amide bonds. The molecule has 0 radical (unpaired) electrons. The van der Waals surface area contributed by atoms with Crippen molar-refractivity contribution in [2.45, 2.75) is 13.3 Å². The van der Waals surface area contributed by atoms with Crippen molar-refractivity contribution in [2.75, 3.05) is 27.3 Å². The number of carbonyl (C=O) groups excluding carboxylic acids is 1. The van der Waals surface area contributed by atoms with E-state index in [1.807, 2.05) is 0 Å². The van der Waals surface area contributed by atoms with Crippen LogP contribution in [0, 0.1) is 0 Å². The molecule has 1 aromatic carbocycles. The molecule has 0 saturated carbocycles. The zero-order valence-corrected chi connectivity index (χ0v) is 11.9. The minimum Gasteiger partial charge on any atom is -0.490 e. The molecule has 6 heteroatoms. The number of hydrogen-bond donors (Lipinski definition) is 1. The highest BCUT2D eigenvalue weighted by molar-refractivity contribution is 5.92. The number of hydrogen-bond acceptors (Lipinski definition) is 4. The Kier molecular flexibility index (Phi) is 5.83. The first kappa shape index (κ1) is 15.8. The summed E-state index contributed by atoms with van der Waals surface area (Å²) in [5.41, 5.74) is 0.0215. The van der Waals surface area contributed by atoms with Gasteiger partial charge in [0.15, 0.2) is 11.5 Å². The van der Waals surface area contributed by atoms with E-state index in [-0.39, 0.29) is 30.2 Å². The molecule has 0 bridgehead atoms. The SMILES string of the molecule is CCOc1cccc(C(=O)O)c1OCCC(=O)N(C)C. The zero-order valence-electron chi connectivity index (χ0n) is 11.9. The number of carboxylic acids is 1. The summed E-state index contributed by atoms with van der Waals surface area (Å²) < 4.78 is 10.8. The second-order valence-electron chi connectivity index (χ2n) is 4.26. The van der Waals surface area contributed by atoms with Crippen molar-refractivity contribution >= 4 is 11.9 Å². The first-order chi connectivity index (χ1) is 9.47. The molecule has 0 spiro atoms. The van der Waals surface area contributed by atoms with E-state index >= 15 is 0 Å². The predicted molar refractivity (Wildman–Crippen MR) is 73.4 cm³/mol. The van der Waals surface area contributed by atoms with Gasteiger partial charge in [0.25, 0.3) is 0 Å². The quantitative estimate of drug-likeness (QED) is 0.822. The molecule has 1 N–H and O–H groups in total. The van der Waals surface area contributed by atoms with Crippen LogP contribution in [-0.4, -0.2) is 49.2 Å². The zero-order chi connectivity index (χ0) is 15.1. The Morgan fingerprint density at radius 2 is 1.95 bits per heavy atom. The van der Waals surface area contributed by atoms with Crippen molar-refractivity contribution < 1.29 is 24.2 Å². The number of para-hydroxylation sites is 1. The molecule has 110 valence electrons. The molecule has 1 rings (SSSR count). The summed E-state index contributed by atoms with van der Waals surface area (Å²) >= 11 is 0. The number of aromatic carboxylic acids is 1. The van der Waals surface area contributed by atoms with Crippen LogP contribution in [0.2, 0.25) is 0 Å². The number of rotatable bonds is 7. The number of carbonyl (C=O) groups is 2. The van der Waals surface area contributed by atoms with Crippen LogP contribution in [0.4, 0.5) is 0 Å². The van der Waals surface area contributed by atoms with E-state index in [2.05, 4.69) is 0 Å². The molecule has 20 heavy (non-hydrogen) atoms. The van der Waals surface area contributed by atoms with Gasteiger partial charge in [0.1, 0.15) is 5.56 Å². The normalized spacial score (nSPS) is 9.95. The predicted octanol–water partition coefficient (Wildman–Crippen LogP) is 1.64. The Morgan fingerprint density at radius 1 is 1.25 bits per heavy atom. The average molecular weight is 281 g/mol. The Morgan fingerprint density at radius 3 is 2.50 bits per heavy atom. The lowest BCUT2D eigenvalue weighted by molar-refractivity contribution is -0.129. The second kappa shape index (κ2) is 7.37. The highest BCUT2D eigenvalue weighted by Crippen LogP contribution is 2.31. The van der Waals surface area contributed by atoms with Crippen molar-refractivity contribution in [3.63, 3.8) is 0 Å². The third-order valence-corrected chi connectivity index (χ3v) is 2.57. The van der Waals surface area contributed by atoms with Crippen LogP contribution in [0.3, 0.4) is 0 Å². The lowest BCUT2D eigenvalue weighted by Gasteiger charge is -2.15. The molecule has 0 saturated heterocycles. The number of amides is 1. The molecule has 0 heterocycles. The number of benzene rings is 1. The smallest absolute Gasteiger partial charge is 0.339 e. The Balaban J connectivity index is 2.85. The van der Waals surface area contributed by atoms with Crippen molar-refractivity contribution in [1.82, 2.24) is 4.90 Å². The highest BCUT2D eigenvalue weighted by atomic mass is 16.5. The van der Waals surface area contributed by atoms with Gasteiger partial charge in [0.05, 0.1) is 19.6 Å². The Hall–Kier alpha value is -2.24. The Labute approximate surface area is 117 Å². The van der Waals surface area contributed by atoms with Crippen molar-refractivity contribution in [3.05, 3.63) is 23.8 Å². The largest absolute Gasteiger partial charge is 0.490 e. The third-order valence-electron chi connectivity index (χ3n) is 2.57. The summed E-state index contributed by atoms with van der Waals surface area (Å²) in [6.07, 6.45) is 0.173. The van der Waals surface area contributed by atoms with Crippen LogP contribution < -0.4 is 9.47 Å². The average Bonchev–Trinajstić information content (AvgIpc) is 2.39. The van der Waals surface area contributed by atoms with Gasteiger partial charge in [-0.1, -0.05) is 6.07 Å². The first-order valence-electron chi connectivity index (χ1n) is 6.29. The van der Waals surface area contributed by atoms with Gasteiger partial charge in [-0.05, 0) is 19.1 Å². The summed E-state index contributed by atoms with van der Waals surface area (Å²) in [7, 11) is 3.30. The van der Waals surface area contributed by atoms with E-state index in [9.17, 15) is 9.59 Å². The van der Waals surface area contributed by atoms with E-state index in [1.54, 1.807) is 33.2 Å². The third kappa shape index (κ3) is 4.15. The first-order valence-corrected chi connectivity index (χ1v) is 6.29. The highest BCUT2D eigenvalue weighted by Gasteiger charge is 2.17. The van der Waals surface area contributed by atoms with E-state index in [0.717, 1.165) is 0 Å². The molecule has 0 aliphatic rings. The fourth-order valence-electron chi connectivity index (χ4n) is 1.57. The van der Waals surface area contributed by atoms with Gasteiger partial charge in [-0.3, -0.25) is 4.79 Å². The monoisotopic (exact) mass is 281 g/mol. The molecule has 0 aliphatic heterocycles. The number of ether oxygens (including phenoxy) is 2. The fraction of sp³-hybridized carbons (Fsp3) is 0.429. The summed E-state index contributed by atoms with van der Waals surface area (Å²) in [4.78, 5) is 24.1. The standard InChI is InChI=1S/C14H19NO5/c1-4-19-11-7-5-6-10(14(17)18)13(11)20-9-8-12(16)15(2)3/h5-7H,4,8-9H2,1-3H3,(H,17,18). The Bertz CT molecular complexity index is 484. The maximum Gasteiger partial charge on any atom is 0.339 e. The van der Waals surface area contributed by atoms with Crippen LogP contribution in [0.5, 0.6) is 11.5 Å². The summed E-state index contributed by atoms with van der Waals surface area (Å²) in [6.45, 7) is 2.30. The minimum absolute atomic E-state index is 0.0215. The molecule has 6 nitrogen and oxygen atoms in total. The molecular weight excluding hydrogens is 262 g/mol. The van der Waals surface area contributed by atoms with Crippen molar-refractivity contribution in [3.8, 4) is 11.5 Å². The van der Waals surface area contributed by atoms with Crippen LogP contribution in [0.25, 0.3) is 0 Å². The molecule has 0 fully saturated rings. The van der Waals surface area contributed by atoms with Gasteiger partial charge < -0.3 is 19.5 Å². The summed E-state index contributed by atoms with van der Waals surface area (Å²) in [6, 6.07) is 4.67. The molecule has 0 unspecified atom stereocenters. The van der Waals surface area contributed by atoms with Gasteiger partial charge in [0, 0.05) is 14.1 Å². The van der Waals surface area contributed by atoms with Gasteiger partial charge in [-0.2, -0.15) is 0 Å². The van der Waals surface area contributed by atoms with Crippen molar-refractivity contribution in [2.24, 2.45) is 0 Å². The summed E-state index contributed by atoms with van der Waals surface area (Å²) in [5.74, 6) is -0.658. The van der Waals surface area contributed by atoms with Gasteiger partial charge in [0.2, 0.25) is 5.91 Å². The lowest BCUT2D eigenvalue weighted by Crippen LogP contribution is -2.23. The van der Waals surface area contributed by atoms with Gasteiger partial charge in [-0.15, -0.1) is 0 Å². The molecule has 0 atom stereocenters. The molecule has 1 aromatic rings. The number of carboxylic acid groups (broad SMARTS) is 1. The van der Waals surface area contributed by atoms with Crippen LogP contribution in [0.1, 0.15) is 23.7 Å². The molecule has 0 aromatic heterocycles. The maximum atomic E-state index is 11.5. The topological polar surface area (TPSA) is 76.1 Å². The van der Waals surface area contributed by atoms with Gasteiger partial charge >= 0.3 is 5.97 Å². The van der Waals surface area contributed by atoms with Gasteiger partial charge in [-0.25, -0.2) is 4.79 Å². The molecule has 0 aliphatic carbocycles. The van der Waals surface area contributed by atoms with Crippen LogP contribution in [-0.2, 0) is 4.79 Å². The lowest BCUT2D eigenvalue weighted by atomic mass is 10.2. The van der Waals surface area contributed by atoms with Crippen LogP contribution >= 0.6 is 0 Å². The van der Waals surface area contributed by atoms with Crippen LogP contribution in [0.15, 0.2) is 18.2 Å². The van der Waals surface area contributed by atoms with E-state index in [4.69, 9.17) is 14.6 Å². The van der Waals surface area contributed by atoms with E-state index in [0.29, 0.717) is 12.4 Å². The summed E-state index contributed by atoms with van der Waals surface area (Å²) in [5, 5.41) is 9.14. The molecular formula is C14H19NO5. The maximum absolute atomic E-state index is 11.5. The fourth-order valence-corrected chi connectivity index (χ4v) is 1.57. The number of nitrogens with zero attached hydrogens (tertiary/aromatic N) is 1. The van der Waals surface area contributed by atoms with Crippen molar-refractivity contribution in [1.29, 1.82) is 0 Å².